The molecule has 6 heteroatoms. The van der Waals surface area contributed by atoms with Gasteiger partial charge in [0.1, 0.15) is 11.9 Å². The van der Waals surface area contributed by atoms with Crippen LogP contribution in [0.5, 0.6) is 11.5 Å². The van der Waals surface area contributed by atoms with E-state index in [0.717, 1.165) is 17.0 Å². The second-order valence-electron chi connectivity index (χ2n) is 6.23. The van der Waals surface area contributed by atoms with E-state index in [1.807, 2.05) is 49.0 Å². The molecule has 0 bridgehead atoms. The van der Waals surface area contributed by atoms with Gasteiger partial charge in [0, 0.05) is 25.0 Å². The lowest BCUT2D eigenvalue weighted by Crippen LogP contribution is -2.31. The van der Waals surface area contributed by atoms with Crippen molar-refractivity contribution < 1.29 is 14.3 Å². The molecule has 1 unspecified atom stereocenters. The highest BCUT2D eigenvalue weighted by molar-refractivity contribution is 5.95. The van der Waals surface area contributed by atoms with E-state index in [1.54, 1.807) is 24.4 Å². The molecule has 1 aromatic heterocycles. The van der Waals surface area contributed by atoms with Gasteiger partial charge < -0.3 is 19.4 Å². The first-order valence-electron chi connectivity index (χ1n) is 8.37. The Labute approximate surface area is 151 Å². The van der Waals surface area contributed by atoms with Gasteiger partial charge in [0.25, 0.3) is 5.91 Å². The molecule has 0 fully saturated rings. The first-order valence-corrected chi connectivity index (χ1v) is 8.37. The largest absolute Gasteiger partial charge is 0.454 e. The summed E-state index contributed by atoms with van der Waals surface area (Å²) < 4.78 is 12.6. The zero-order valence-electron chi connectivity index (χ0n) is 14.6. The van der Waals surface area contributed by atoms with Crippen LogP contribution in [-0.4, -0.2) is 22.3 Å². The molecule has 2 heterocycles. The van der Waals surface area contributed by atoms with Crippen molar-refractivity contribution in [3.8, 4) is 11.5 Å². The van der Waals surface area contributed by atoms with E-state index < -0.39 is 0 Å². The molecule has 1 atom stereocenters. The van der Waals surface area contributed by atoms with E-state index >= 15 is 0 Å². The van der Waals surface area contributed by atoms with Crippen molar-refractivity contribution in [2.45, 2.75) is 13.0 Å². The van der Waals surface area contributed by atoms with Crippen molar-refractivity contribution in [3.63, 3.8) is 0 Å². The van der Waals surface area contributed by atoms with Crippen LogP contribution in [-0.2, 0) is 7.05 Å². The van der Waals surface area contributed by atoms with Gasteiger partial charge in [0.2, 0.25) is 6.79 Å². The van der Waals surface area contributed by atoms with Crippen LogP contribution in [0.3, 0.4) is 0 Å². The number of carbonyl (C=O) groups is 1. The average molecular weight is 349 g/mol. The second-order valence-corrected chi connectivity index (χ2v) is 6.23. The molecular formula is C20H19N3O3. The minimum absolute atomic E-state index is 0.180. The Morgan fingerprint density at radius 2 is 2.00 bits per heavy atom. The maximum atomic E-state index is 12.9. The minimum Gasteiger partial charge on any atom is -0.454 e. The standard InChI is InChI=1S/C20H19N3O3/c1-13-5-3-4-6-15(13)18(19-21-9-10-23(19)2)22-20(24)14-7-8-16-17(11-14)26-12-25-16/h3-11,18H,12H2,1-2H3,(H,22,24). The Morgan fingerprint density at radius 3 is 2.77 bits per heavy atom. The Kier molecular flexibility index (Phi) is 4.08. The van der Waals surface area contributed by atoms with E-state index in [-0.39, 0.29) is 18.7 Å². The number of hydrogen-bond acceptors (Lipinski definition) is 4. The molecule has 4 rings (SSSR count). The van der Waals surface area contributed by atoms with E-state index in [0.29, 0.717) is 17.1 Å². The van der Waals surface area contributed by atoms with E-state index in [1.165, 1.54) is 0 Å². The minimum atomic E-state index is -0.353. The van der Waals surface area contributed by atoms with Crippen molar-refractivity contribution in [1.82, 2.24) is 14.9 Å². The van der Waals surface area contributed by atoms with Gasteiger partial charge in [-0.15, -0.1) is 0 Å². The molecular weight excluding hydrogens is 330 g/mol. The predicted octanol–water partition coefficient (Wildman–Crippen LogP) is 2.98. The molecule has 6 nitrogen and oxygen atoms in total. The zero-order valence-corrected chi connectivity index (χ0v) is 14.6. The number of amides is 1. The number of benzene rings is 2. The van der Waals surface area contributed by atoms with Crippen LogP contribution in [0.1, 0.15) is 33.4 Å². The number of imidazole rings is 1. The molecule has 1 N–H and O–H groups in total. The van der Waals surface area contributed by atoms with Crippen LogP contribution in [0.4, 0.5) is 0 Å². The van der Waals surface area contributed by atoms with Crippen LogP contribution >= 0.6 is 0 Å². The third-order valence-corrected chi connectivity index (χ3v) is 4.53. The molecule has 0 radical (unpaired) electrons. The number of rotatable bonds is 4. The number of hydrogen-bond donors (Lipinski definition) is 1. The number of nitrogens with zero attached hydrogens (tertiary/aromatic N) is 2. The summed E-state index contributed by atoms with van der Waals surface area (Å²) in [4.78, 5) is 17.3. The third kappa shape index (κ3) is 2.90. The number of fused-ring (bicyclic) bond motifs is 1. The summed E-state index contributed by atoms with van der Waals surface area (Å²) in [6.45, 7) is 2.21. The lowest BCUT2D eigenvalue weighted by Gasteiger charge is -2.21. The van der Waals surface area contributed by atoms with Gasteiger partial charge >= 0.3 is 0 Å². The van der Waals surface area contributed by atoms with E-state index in [2.05, 4.69) is 10.3 Å². The molecule has 0 saturated carbocycles. The summed E-state index contributed by atoms with van der Waals surface area (Å²) in [6, 6.07) is 12.8. The normalized spacial score (nSPS) is 13.5. The number of carbonyl (C=O) groups excluding carboxylic acids is 1. The van der Waals surface area contributed by atoms with Crippen LogP contribution in [0.25, 0.3) is 0 Å². The van der Waals surface area contributed by atoms with Gasteiger partial charge in [-0.2, -0.15) is 0 Å². The van der Waals surface area contributed by atoms with Gasteiger partial charge in [0.05, 0.1) is 0 Å². The molecule has 3 aromatic rings. The summed E-state index contributed by atoms with van der Waals surface area (Å²) in [5.41, 5.74) is 2.62. The number of ether oxygens (including phenoxy) is 2. The second kappa shape index (κ2) is 6.55. The quantitative estimate of drug-likeness (QED) is 0.786. The molecule has 0 aliphatic carbocycles. The lowest BCUT2D eigenvalue weighted by molar-refractivity contribution is 0.0940. The zero-order chi connectivity index (χ0) is 18.1. The summed E-state index contributed by atoms with van der Waals surface area (Å²) in [6.07, 6.45) is 3.60. The SMILES string of the molecule is Cc1ccccc1C(NC(=O)c1ccc2c(c1)OCO2)c1nccn1C. The average Bonchev–Trinajstić information content (AvgIpc) is 3.28. The molecule has 132 valence electrons. The summed E-state index contributed by atoms with van der Waals surface area (Å²) in [5, 5.41) is 3.11. The smallest absolute Gasteiger partial charge is 0.252 e. The van der Waals surface area contributed by atoms with E-state index in [4.69, 9.17) is 9.47 Å². The van der Waals surface area contributed by atoms with Crippen molar-refractivity contribution >= 4 is 5.91 Å². The monoisotopic (exact) mass is 349 g/mol. The van der Waals surface area contributed by atoms with Crippen molar-refractivity contribution in [3.05, 3.63) is 77.4 Å². The number of aryl methyl sites for hydroxylation is 2. The van der Waals surface area contributed by atoms with Crippen molar-refractivity contribution in [1.29, 1.82) is 0 Å². The maximum absolute atomic E-state index is 12.9. The summed E-state index contributed by atoms with van der Waals surface area (Å²) >= 11 is 0. The van der Waals surface area contributed by atoms with Crippen LogP contribution in [0.2, 0.25) is 0 Å². The van der Waals surface area contributed by atoms with Gasteiger partial charge in [-0.05, 0) is 36.2 Å². The highest BCUT2D eigenvalue weighted by atomic mass is 16.7. The number of nitrogens with one attached hydrogen (secondary N) is 1. The molecule has 1 aliphatic heterocycles. The molecule has 26 heavy (non-hydrogen) atoms. The molecule has 0 saturated heterocycles. The van der Waals surface area contributed by atoms with Gasteiger partial charge in [-0.3, -0.25) is 4.79 Å². The summed E-state index contributed by atoms with van der Waals surface area (Å²) in [7, 11) is 1.92. The van der Waals surface area contributed by atoms with Gasteiger partial charge in [-0.1, -0.05) is 24.3 Å². The number of aromatic nitrogens is 2. The fraction of sp³-hybridized carbons (Fsp3) is 0.200. The first-order chi connectivity index (χ1) is 12.6. The molecule has 0 spiro atoms. The van der Waals surface area contributed by atoms with Gasteiger partial charge in [0.15, 0.2) is 11.5 Å². The van der Waals surface area contributed by atoms with Crippen LogP contribution in [0, 0.1) is 6.92 Å². The van der Waals surface area contributed by atoms with Crippen molar-refractivity contribution in [2.24, 2.45) is 7.05 Å². The Bertz CT molecular complexity index is 964. The fourth-order valence-corrected chi connectivity index (χ4v) is 3.10. The molecule has 2 aromatic carbocycles. The topological polar surface area (TPSA) is 65.4 Å². The van der Waals surface area contributed by atoms with Gasteiger partial charge in [-0.25, -0.2) is 4.98 Å². The molecule has 1 amide bonds. The Hall–Kier alpha value is -3.28. The summed E-state index contributed by atoms with van der Waals surface area (Å²) in [5.74, 6) is 1.82. The Morgan fingerprint density at radius 1 is 1.19 bits per heavy atom. The predicted molar refractivity (Wildman–Crippen MR) is 96.3 cm³/mol. The maximum Gasteiger partial charge on any atom is 0.252 e. The van der Waals surface area contributed by atoms with Crippen molar-refractivity contribution in [2.75, 3.05) is 6.79 Å². The lowest BCUT2D eigenvalue weighted by atomic mass is 10.00. The fourth-order valence-electron chi connectivity index (χ4n) is 3.10. The highest BCUT2D eigenvalue weighted by Crippen LogP contribution is 2.33. The third-order valence-electron chi connectivity index (χ3n) is 4.53. The van der Waals surface area contributed by atoms with Crippen LogP contribution in [0.15, 0.2) is 54.9 Å². The molecule has 1 aliphatic rings. The van der Waals surface area contributed by atoms with E-state index in [9.17, 15) is 4.79 Å². The Balaban J connectivity index is 1.68. The first kappa shape index (κ1) is 16.2. The van der Waals surface area contributed by atoms with Crippen LogP contribution < -0.4 is 14.8 Å². The highest BCUT2D eigenvalue weighted by Gasteiger charge is 2.24.